The van der Waals surface area contributed by atoms with Gasteiger partial charge in [-0.1, -0.05) is 0 Å². The van der Waals surface area contributed by atoms with Crippen molar-refractivity contribution in [3.63, 3.8) is 0 Å². The van der Waals surface area contributed by atoms with Gasteiger partial charge in [0.25, 0.3) is 0 Å². The van der Waals surface area contributed by atoms with Gasteiger partial charge in [0.2, 0.25) is 10.0 Å². The van der Waals surface area contributed by atoms with E-state index >= 15 is 0 Å². The highest BCUT2D eigenvalue weighted by molar-refractivity contribution is 7.93. The maximum absolute atomic E-state index is 12.0. The predicted molar refractivity (Wildman–Crippen MR) is 85.5 cm³/mol. The fourth-order valence-corrected chi connectivity index (χ4v) is 3.61. The largest absolute Gasteiger partial charge is 0.496 e. The van der Waals surface area contributed by atoms with Gasteiger partial charge in [-0.25, -0.2) is 8.42 Å². The van der Waals surface area contributed by atoms with Crippen molar-refractivity contribution in [3.8, 4) is 0 Å². The summed E-state index contributed by atoms with van der Waals surface area (Å²) in [4.78, 5) is 4.10. The van der Waals surface area contributed by atoms with Gasteiger partial charge in [0, 0.05) is 11.7 Å². The van der Waals surface area contributed by atoms with Gasteiger partial charge in [-0.2, -0.15) is 0 Å². The number of nitrogens with one attached hydrogen (secondary N) is 1. The van der Waals surface area contributed by atoms with E-state index in [4.69, 9.17) is 9.31 Å². The van der Waals surface area contributed by atoms with E-state index in [9.17, 15) is 8.42 Å². The second kappa shape index (κ2) is 4.94. The van der Waals surface area contributed by atoms with Crippen molar-refractivity contribution in [2.24, 2.45) is 0 Å². The molecule has 8 heteroatoms. The van der Waals surface area contributed by atoms with Gasteiger partial charge in [-0.15, -0.1) is 0 Å². The molecule has 0 radical (unpaired) electrons. The van der Waals surface area contributed by atoms with Crippen LogP contribution in [0.1, 0.15) is 40.5 Å². The van der Waals surface area contributed by atoms with E-state index in [0.717, 1.165) is 12.8 Å². The standard InChI is InChI=1S/C14H21BN2O4S/c1-13(2)14(3,4)21-15(20-13)10-7-11(9-16-8-10)17-22(18,19)12-5-6-12/h7-9,12,17H,5-6H2,1-4H3. The van der Waals surface area contributed by atoms with Gasteiger partial charge in [0.05, 0.1) is 28.3 Å². The molecule has 1 aliphatic heterocycles. The number of sulfonamides is 1. The van der Waals surface area contributed by atoms with Crippen molar-refractivity contribution < 1.29 is 17.7 Å². The minimum Gasteiger partial charge on any atom is -0.399 e. The first kappa shape index (κ1) is 15.8. The zero-order valence-electron chi connectivity index (χ0n) is 13.3. The highest BCUT2D eigenvalue weighted by atomic mass is 32.2. The quantitative estimate of drug-likeness (QED) is 0.845. The van der Waals surface area contributed by atoms with E-state index < -0.39 is 28.3 Å². The normalized spacial score (nSPS) is 23.5. The van der Waals surface area contributed by atoms with Crippen LogP contribution in [0, 0.1) is 0 Å². The van der Waals surface area contributed by atoms with Crippen molar-refractivity contribution >= 4 is 28.3 Å². The van der Waals surface area contributed by atoms with Gasteiger partial charge in [0.15, 0.2) is 0 Å². The van der Waals surface area contributed by atoms with Gasteiger partial charge in [-0.3, -0.25) is 9.71 Å². The Labute approximate surface area is 131 Å². The molecule has 120 valence electrons. The third-order valence-electron chi connectivity index (χ3n) is 4.51. The van der Waals surface area contributed by atoms with Gasteiger partial charge in [0.1, 0.15) is 0 Å². The molecule has 0 atom stereocenters. The molecule has 2 aliphatic rings. The molecule has 0 aromatic carbocycles. The van der Waals surface area contributed by atoms with Gasteiger partial charge < -0.3 is 9.31 Å². The molecular weight excluding hydrogens is 303 g/mol. The molecule has 0 spiro atoms. The zero-order chi connectivity index (χ0) is 16.2. The lowest BCUT2D eigenvalue weighted by molar-refractivity contribution is 0.00578. The zero-order valence-corrected chi connectivity index (χ0v) is 14.1. The second-order valence-corrected chi connectivity index (χ2v) is 8.90. The van der Waals surface area contributed by atoms with E-state index in [1.54, 1.807) is 12.3 Å². The summed E-state index contributed by atoms with van der Waals surface area (Å²) in [6.07, 6.45) is 4.57. The molecule has 0 amide bonds. The molecular formula is C14H21BN2O4S. The summed E-state index contributed by atoms with van der Waals surface area (Å²) in [6, 6.07) is 1.72. The molecule has 2 heterocycles. The van der Waals surface area contributed by atoms with E-state index in [-0.39, 0.29) is 5.25 Å². The number of hydrogen-bond donors (Lipinski definition) is 1. The van der Waals surface area contributed by atoms with Crippen LogP contribution in [-0.4, -0.2) is 37.0 Å². The van der Waals surface area contributed by atoms with Crippen molar-refractivity contribution in [2.75, 3.05) is 4.72 Å². The van der Waals surface area contributed by atoms with Crippen LogP contribution < -0.4 is 10.2 Å². The maximum Gasteiger partial charge on any atom is 0.496 e. The fraction of sp³-hybridized carbons (Fsp3) is 0.643. The highest BCUT2D eigenvalue weighted by Crippen LogP contribution is 2.36. The van der Waals surface area contributed by atoms with Crippen LogP contribution in [0.5, 0.6) is 0 Å². The Hall–Kier alpha value is -1.12. The number of aromatic nitrogens is 1. The monoisotopic (exact) mass is 324 g/mol. The Kier molecular flexibility index (Phi) is 3.54. The van der Waals surface area contributed by atoms with Crippen molar-refractivity contribution in [1.82, 2.24) is 4.98 Å². The smallest absolute Gasteiger partial charge is 0.399 e. The Morgan fingerprint density at radius 3 is 2.32 bits per heavy atom. The van der Waals surface area contributed by atoms with Gasteiger partial charge >= 0.3 is 7.12 Å². The molecule has 22 heavy (non-hydrogen) atoms. The fourth-order valence-electron chi connectivity index (χ4n) is 2.25. The third kappa shape index (κ3) is 2.87. The summed E-state index contributed by atoms with van der Waals surface area (Å²) < 4.78 is 38.5. The summed E-state index contributed by atoms with van der Waals surface area (Å²) in [6.45, 7) is 7.89. The molecule has 1 saturated heterocycles. The summed E-state index contributed by atoms with van der Waals surface area (Å²) in [5.41, 5.74) is 0.260. The minimum absolute atomic E-state index is 0.270. The molecule has 6 nitrogen and oxygen atoms in total. The van der Waals surface area contributed by atoms with E-state index in [1.165, 1.54) is 6.20 Å². The van der Waals surface area contributed by atoms with Crippen LogP contribution in [0.15, 0.2) is 18.5 Å². The van der Waals surface area contributed by atoms with Crippen LogP contribution in [0.4, 0.5) is 5.69 Å². The molecule has 1 aromatic heterocycles. The predicted octanol–water partition coefficient (Wildman–Crippen LogP) is 1.28. The van der Waals surface area contributed by atoms with E-state index in [1.807, 2.05) is 27.7 Å². The molecule has 3 rings (SSSR count). The molecule has 1 N–H and O–H groups in total. The number of pyridine rings is 1. The Morgan fingerprint density at radius 2 is 1.77 bits per heavy atom. The van der Waals surface area contributed by atoms with Crippen molar-refractivity contribution in [2.45, 2.75) is 57.0 Å². The van der Waals surface area contributed by atoms with Crippen molar-refractivity contribution in [1.29, 1.82) is 0 Å². The lowest BCUT2D eigenvalue weighted by atomic mass is 9.80. The average molecular weight is 324 g/mol. The minimum atomic E-state index is -3.30. The molecule has 2 fully saturated rings. The first-order chi connectivity index (χ1) is 10.1. The van der Waals surface area contributed by atoms with Crippen molar-refractivity contribution in [3.05, 3.63) is 18.5 Å². The summed E-state index contributed by atoms with van der Waals surface area (Å²) in [5.74, 6) is 0. The van der Waals surface area contributed by atoms with E-state index in [2.05, 4.69) is 9.71 Å². The summed E-state index contributed by atoms with van der Waals surface area (Å²) >= 11 is 0. The molecule has 0 unspecified atom stereocenters. The number of rotatable bonds is 4. The average Bonchev–Trinajstić information content (AvgIpc) is 3.18. The second-order valence-electron chi connectivity index (χ2n) is 6.94. The maximum atomic E-state index is 12.0. The SMILES string of the molecule is CC1(C)OB(c2cncc(NS(=O)(=O)C3CC3)c2)OC1(C)C. The van der Waals surface area contributed by atoms with Gasteiger partial charge in [-0.05, 0) is 46.6 Å². The molecule has 1 aliphatic carbocycles. The van der Waals surface area contributed by atoms with E-state index in [0.29, 0.717) is 11.2 Å². The van der Waals surface area contributed by atoms with Crippen LogP contribution in [0.25, 0.3) is 0 Å². The molecule has 1 saturated carbocycles. The first-order valence-corrected chi connectivity index (χ1v) is 8.98. The lowest BCUT2D eigenvalue weighted by Gasteiger charge is -2.32. The lowest BCUT2D eigenvalue weighted by Crippen LogP contribution is -2.41. The number of anilines is 1. The number of nitrogens with zero attached hydrogens (tertiary/aromatic N) is 1. The topological polar surface area (TPSA) is 77.5 Å². The molecule has 0 bridgehead atoms. The Morgan fingerprint density at radius 1 is 1.18 bits per heavy atom. The third-order valence-corrected chi connectivity index (χ3v) is 6.38. The Balaban J connectivity index is 1.80. The summed E-state index contributed by atoms with van der Waals surface area (Å²) in [5, 5.41) is -0.270. The first-order valence-electron chi connectivity index (χ1n) is 7.43. The summed E-state index contributed by atoms with van der Waals surface area (Å²) in [7, 11) is -3.85. The highest BCUT2D eigenvalue weighted by Gasteiger charge is 2.51. The Bertz CT molecular complexity index is 670. The van der Waals surface area contributed by atoms with Crippen LogP contribution in [0.2, 0.25) is 0 Å². The van der Waals surface area contributed by atoms with Crippen LogP contribution in [-0.2, 0) is 19.3 Å². The molecule has 1 aromatic rings. The van der Waals surface area contributed by atoms with Crippen LogP contribution >= 0.6 is 0 Å². The number of hydrogen-bond acceptors (Lipinski definition) is 5. The van der Waals surface area contributed by atoms with Crippen LogP contribution in [0.3, 0.4) is 0 Å².